The molecule has 0 aromatic heterocycles. The Balaban J connectivity index is 2.98. The molecule has 0 aromatic carbocycles. The predicted molar refractivity (Wildman–Crippen MR) is 115 cm³/mol. The van der Waals surface area contributed by atoms with Gasteiger partial charge in [-0.3, -0.25) is 19.2 Å². The number of carboxylic acid groups (broad SMARTS) is 2. The van der Waals surface area contributed by atoms with Gasteiger partial charge in [-0.15, -0.1) is 0 Å². The Morgan fingerprint density at radius 2 is 1.72 bits per heavy atom. The highest BCUT2D eigenvalue weighted by Crippen LogP contribution is 2.20. The molecule has 6 N–H and O–H groups in total. The SMILES string of the molecule is CCC(C)C(NC(=O)C(CCC(=O)O)NC(=O)C1CCCN1C(=O)C(N)C(C)C)C(=O)O. The molecule has 182 valence electrons. The molecular formula is C21H36N4O7. The maximum atomic E-state index is 12.9. The van der Waals surface area contributed by atoms with Gasteiger partial charge >= 0.3 is 11.9 Å². The van der Waals surface area contributed by atoms with Crippen molar-refractivity contribution in [2.75, 3.05) is 6.54 Å². The molecule has 1 heterocycles. The molecule has 1 aliphatic rings. The molecule has 11 heteroatoms. The fraction of sp³-hybridized carbons (Fsp3) is 0.762. The van der Waals surface area contributed by atoms with Gasteiger partial charge in [-0.05, 0) is 31.1 Å². The predicted octanol–water partition coefficient (Wildman–Crippen LogP) is -0.0742. The first-order chi connectivity index (χ1) is 14.9. The van der Waals surface area contributed by atoms with Gasteiger partial charge in [0.2, 0.25) is 17.7 Å². The Kier molecular flexibility index (Phi) is 10.6. The first-order valence-corrected chi connectivity index (χ1v) is 11.0. The van der Waals surface area contributed by atoms with Crippen molar-refractivity contribution in [3.8, 4) is 0 Å². The van der Waals surface area contributed by atoms with Crippen LogP contribution in [0.25, 0.3) is 0 Å². The monoisotopic (exact) mass is 456 g/mol. The summed E-state index contributed by atoms with van der Waals surface area (Å²) in [4.78, 5) is 62.3. The molecule has 5 atom stereocenters. The number of nitrogens with two attached hydrogens (primary N) is 1. The van der Waals surface area contributed by atoms with Crippen LogP contribution in [0.2, 0.25) is 0 Å². The summed E-state index contributed by atoms with van der Waals surface area (Å²) in [5, 5.41) is 23.4. The first kappa shape index (κ1) is 27.3. The zero-order valence-corrected chi connectivity index (χ0v) is 19.2. The van der Waals surface area contributed by atoms with Crippen molar-refractivity contribution in [2.45, 2.75) is 84.0 Å². The average Bonchev–Trinajstić information content (AvgIpc) is 3.22. The molecule has 32 heavy (non-hydrogen) atoms. The van der Waals surface area contributed by atoms with Crippen LogP contribution in [0, 0.1) is 11.8 Å². The molecule has 0 saturated carbocycles. The largest absolute Gasteiger partial charge is 0.481 e. The van der Waals surface area contributed by atoms with Crippen LogP contribution >= 0.6 is 0 Å². The summed E-state index contributed by atoms with van der Waals surface area (Å²) in [6, 6.07) is -4.01. The lowest BCUT2D eigenvalue weighted by molar-refractivity contribution is -0.145. The van der Waals surface area contributed by atoms with Crippen molar-refractivity contribution < 1.29 is 34.2 Å². The first-order valence-electron chi connectivity index (χ1n) is 11.0. The number of carbonyl (C=O) groups is 5. The standard InChI is InChI=1S/C21H36N4O7/c1-5-12(4)17(21(31)32)24-18(28)13(8-9-15(26)27)23-19(29)14-7-6-10-25(14)20(30)16(22)11(2)3/h11-14,16-17H,5-10,22H2,1-4H3,(H,23,29)(H,24,28)(H,26,27)(H,31,32). The van der Waals surface area contributed by atoms with Crippen LogP contribution < -0.4 is 16.4 Å². The van der Waals surface area contributed by atoms with Crippen molar-refractivity contribution >= 4 is 29.7 Å². The molecule has 0 aliphatic carbocycles. The quantitative estimate of drug-likeness (QED) is 0.270. The second-order valence-electron chi connectivity index (χ2n) is 8.66. The summed E-state index contributed by atoms with van der Waals surface area (Å²) in [6.07, 6.45) is 0.867. The highest BCUT2D eigenvalue weighted by molar-refractivity contribution is 5.94. The van der Waals surface area contributed by atoms with E-state index in [4.69, 9.17) is 10.8 Å². The second-order valence-corrected chi connectivity index (χ2v) is 8.66. The number of rotatable bonds is 12. The molecule has 5 unspecified atom stereocenters. The molecule has 1 aliphatic heterocycles. The normalized spacial score (nSPS) is 19.7. The number of aliphatic carboxylic acids is 2. The molecule has 1 saturated heterocycles. The number of amides is 3. The lowest BCUT2D eigenvalue weighted by atomic mass is 9.98. The Labute approximate surface area is 188 Å². The molecular weight excluding hydrogens is 420 g/mol. The van der Waals surface area contributed by atoms with Crippen molar-refractivity contribution in [3.05, 3.63) is 0 Å². The molecule has 0 spiro atoms. The van der Waals surface area contributed by atoms with Gasteiger partial charge in [0.25, 0.3) is 0 Å². The number of nitrogens with zero attached hydrogens (tertiary/aromatic N) is 1. The summed E-state index contributed by atoms with van der Waals surface area (Å²) in [5.41, 5.74) is 5.95. The van der Waals surface area contributed by atoms with E-state index in [1.165, 1.54) is 4.90 Å². The maximum absolute atomic E-state index is 12.9. The van der Waals surface area contributed by atoms with Crippen molar-refractivity contribution in [1.29, 1.82) is 0 Å². The third-order valence-corrected chi connectivity index (χ3v) is 5.90. The highest BCUT2D eigenvalue weighted by Gasteiger charge is 2.38. The van der Waals surface area contributed by atoms with Gasteiger partial charge in [0.15, 0.2) is 0 Å². The van der Waals surface area contributed by atoms with E-state index >= 15 is 0 Å². The van der Waals surface area contributed by atoms with Crippen LogP contribution in [-0.4, -0.2) is 75.5 Å². The van der Waals surface area contributed by atoms with Crippen LogP contribution in [-0.2, 0) is 24.0 Å². The number of hydrogen-bond donors (Lipinski definition) is 5. The van der Waals surface area contributed by atoms with Gasteiger partial charge in [-0.25, -0.2) is 4.79 Å². The molecule has 0 aromatic rings. The summed E-state index contributed by atoms with van der Waals surface area (Å²) < 4.78 is 0. The maximum Gasteiger partial charge on any atom is 0.326 e. The Bertz CT molecular complexity index is 712. The smallest absolute Gasteiger partial charge is 0.326 e. The van der Waals surface area contributed by atoms with Gasteiger partial charge in [-0.2, -0.15) is 0 Å². The Hall–Kier alpha value is -2.69. The second kappa shape index (κ2) is 12.4. The summed E-state index contributed by atoms with van der Waals surface area (Å²) in [5.74, 6) is -4.58. The number of carboxylic acids is 2. The van der Waals surface area contributed by atoms with Crippen molar-refractivity contribution in [3.63, 3.8) is 0 Å². The van der Waals surface area contributed by atoms with E-state index in [2.05, 4.69) is 10.6 Å². The molecule has 0 bridgehead atoms. The topological polar surface area (TPSA) is 179 Å². The van der Waals surface area contributed by atoms with E-state index in [1.54, 1.807) is 27.7 Å². The minimum Gasteiger partial charge on any atom is -0.481 e. The third-order valence-electron chi connectivity index (χ3n) is 5.90. The minimum atomic E-state index is -1.25. The number of nitrogens with one attached hydrogen (secondary N) is 2. The van der Waals surface area contributed by atoms with Gasteiger partial charge in [0.05, 0.1) is 6.04 Å². The van der Waals surface area contributed by atoms with E-state index in [1.807, 2.05) is 0 Å². The molecule has 3 amide bonds. The van der Waals surface area contributed by atoms with Gasteiger partial charge in [-0.1, -0.05) is 34.1 Å². The van der Waals surface area contributed by atoms with Gasteiger partial charge < -0.3 is 31.5 Å². The molecule has 0 radical (unpaired) electrons. The van der Waals surface area contributed by atoms with Crippen LogP contribution in [0.1, 0.15) is 59.8 Å². The van der Waals surface area contributed by atoms with Crippen LogP contribution in [0.5, 0.6) is 0 Å². The summed E-state index contributed by atoms with van der Waals surface area (Å²) >= 11 is 0. The van der Waals surface area contributed by atoms with Crippen molar-refractivity contribution in [1.82, 2.24) is 15.5 Å². The van der Waals surface area contributed by atoms with E-state index in [0.29, 0.717) is 25.8 Å². The van der Waals surface area contributed by atoms with Crippen LogP contribution in [0.15, 0.2) is 0 Å². The van der Waals surface area contributed by atoms with E-state index in [-0.39, 0.29) is 24.2 Å². The lowest BCUT2D eigenvalue weighted by Gasteiger charge is -2.30. The van der Waals surface area contributed by atoms with E-state index < -0.39 is 54.3 Å². The van der Waals surface area contributed by atoms with E-state index in [9.17, 15) is 29.1 Å². The van der Waals surface area contributed by atoms with Crippen LogP contribution in [0.4, 0.5) is 0 Å². The number of likely N-dealkylation sites (tertiary alicyclic amines) is 1. The van der Waals surface area contributed by atoms with Crippen molar-refractivity contribution in [2.24, 2.45) is 17.6 Å². The summed E-state index contributed by atoms with van der Waals surface area (Å²) in [6.45, 7) is 7.42. The number of carbonyl (C=O) groups excluding carboxylic acids is 3. The molecule has 1 fully saturated rings. The minimum absolute atomic E-state index is 0.116. The molecule has 1 rings (SSSR count). The fourth-order valence-corrected chi connectivity index (χ4v) is 3.52. The third kappa shape index (κ3) is 7.47. The highest BCUT2D eigenvalue weighted by atomic mass is 16.4. The Morgan fingerprint density at radius 1 is 1.09 bits per heavy atom. The molecule has 11 nitrogen and oxygen atoms in total. The van der Waals surface area contributed by atoms with Gasteiger partial charge in [0.1, 0.15) is 18.1 Å². The number of hydrogen-bond acceptors (Lipinski definition) is 6. The van der Waals surface area contributed by atoms with E-state index in [0.717, 1.165) is 0 Å². The zero-order chi connectivity index (χ0) is 24.6. The summed E-state index contributed by atoms with van der Waals surface area (Å²) in [7, 11) is 0. The van der Waals surface area contributed by atoms with Crippen LogP contribution in [0.3, 0.4) is 0 Å². The Morgan fingerprint density at radius 3 is 2.22 bits per heavy atom. The van der Waals surface area contributed by atoms with Gasteiger partial charge in [0, 0.05) is 13.0 Å². The lowest BCUT2D eigenvalue weighted by Crippen LogP contribution is -2.57. The zero-order valence-electron chi connectivity index (χ0n) is 19.2. The fourth-order valence-electron chi connectivity index (χ4n) is 3.52. The average molecular weight is 457 g/mol.